The number of halogens is 1. The molecule has 2 aliphatic rings. The maximum absolute atomic E-state index is 11.8. The second-order valence-corrected chi connectivity index (χ2v) is 5.93. The van der Waals surface area contributed by atoms with Gasteiger partial charge in [-0.3, -0.25) is 10.0 Å². The molecule has 1 amide bonds. The van der Waals surface area contributed by atoms with E-state index in [1.807, 2.05) is 12.1 Å². The highest BCUT2D eigenvalue weighted by Crippen LogP contribution is 2.31. The molecule has 0 bridgehead atoms. The van der Waals surface area contributed by atoms with Crippen LogP contribution >= 0.6 is 12.4 Å². The van der Waals surface area contributed by atoms with Gasteiger partial charge in [0.05, 0.1) is 5.69 Å². The van der Waals surface area contributed by atoms with Crippen molar-refractivity contribution >= 4 is 24.3 Å². The molecule has 7 heteroatoms. The number of benzene rings is 1. The number of aromatic amines is 1. The number of fused-ring (bicyclic) bond motifs is 2. The summed E-state index contributed by atoms with van der Waals surface area (Å²) in [5, 5.41) is 8.88. The topological polar surface area (TPSA) is 81.2 Å². The number of rotatable bonds is 2. The van der Waals surface area contributed by atoms with Gasteiger partial charge >= 0.3 is 0 Å². The van der Waals surface area contributed by atoms with Gasteiger partial charge in [0.15, 0.2) is 0 Å². The van der Waals surface area contributed by atoms with E-state index in [1.165, 1.54) is 24.2 Å². The molecule has 3 N–H and O–H groups in total. The molecule has 1 aliphatic carbocycles. The normalized spacial score (nSPS) is 15.6. The van der Waals surface area contributed by atoms with E-state index in [2.05, 4.69) is 9.88 Å². The molecular formula is C16H19ClN4O2. The van der Waals surface area contributed by atoms with Crippen molar-refractivity contribution in [3.63, 3.8) is 0 Å². The van der Waals surface area contributed by atoms with Crippen molar-refractivity contribution in [3.8, 4) is 0 Å². The lowest BCUT2D eigenvalue weighted by atomic mass is 10.0. The number of hydrogen-bond acceptors (Lipinski definition) is 4. The molecule has 23 heavy (non-hydrogen) atoms. The van der Waals surface area contributed by atoms with Crippen LogP contribution in [0.2, 0.25) is 0 Å². The van der Waals surface area contributed by atoms with Gasteiger partial charge in [-0.2, -0.15) is 0 Å². The Bertz CT molecular complexity index is 720. The number of anilines is 1. The monoisotopic (exact) mass is 334 g/mol. The largest absolute Gasteiger partial charge is 0.334 e. The van der Waals surface area contributed by atoms with Crippen molar-refractivity contribution in [2.45, 2.75) is 38.8 Å². The average Bonchev–Trinajstić information content (AvgIpc) is 3.16. The van der Waals surface area contributed by atoms with Crippen LogP contribution in [0.15, 0.2) is 18.2 Å². The smallest absolute Gasteiger partial charge is 0.274 e. The predicted molar refractivity (Wildman–Crippen MR) is 88.1 cm³/mol. The molecule has 1 aromatic carbocycles. The van der Waals surface area contributed by atoms with Gasteiger partial charge in [-0.05, 0) is 42.9 Å². The van der Waals surface area contributed by atoms with E-state index in [1.54, 1.807) is 11.5 Å². The van der Waals surface area contributed by atoms with Crippen LogP contribution < -0.4 is 10.4 Å². The maximum Gasteiger partial charge on any atom is 0.274 e. The second kappa shape index (κ2) is 6.22. The fourth-order valence-corrected chi connectivity index (χ4v) is 3.43. The number of carbonyl (C=O) groups excluding carboxylic acids is 1. The van der Waals surface area contributed by atoms with Gasteiger partial charge in [0, 0.05) is 24.3 Å². The summed E-state index contributed by atoms with van der Waals surface area (Å²) in [6.45, 7) is 1.36. The molecule has 0 fully saturated rings. The number of hydrogen-bond donors (Lipinski definition) is 3. The molecule has 4 rings (SSSR count). The first kappa shape index (κ1) is 15.8. The van der Waals surface area contributed by atoms with Crippen LogP contribution in [0.4, 0.5) is 5.95 Å². The van der Waals surface area contributed by atoms with Crippen LogP contribution in [0.5, 0.6) is 0 Å². The van der Waals surface area contributed by atoms with Crippen LogP contribution in [-0.4, -0.2) is 21.1 Å². The summed E-state index contributed by atoms with van der Waals surface area (Å²) < 4.78 is 0. The number of aryl methyl sites for hydroxylation is 2. The standard InChI is InChI=1S/C16H18N4O2.ClH/c21-15(19-22)11-5-3-4-10-8-20(9-12(10)11)16-17-13-6-1-2-7-14(13)18-16;/h3-5,22H,1-2,6-9H2,(H,17,18)(H,19,21);1H. The Balaban J connectivity index is 0.00000156. The number of aromatic nitrogens is 2. The summed E-state index contributed by atoms with van der Waals surface area (Å²) in [5.74, 6) is 0.427. The van der Waals surface area contributed by atoms with E-state index < -0.39 is 5.91 Å². The highest BCUT2D eigenvalue weighted by Gasteiger charge is 2.27. The van der Waals surface area contributed by atoms with Crippen LogP contribution in [-0.2, 0) is 25.9 Å². The van der Waals surface area contributed by atoms with Gasteiger partial charge in [0.2, 0.25) is 5.95 Å². The third-order valence-electron chi connectivity index (χ3n) is 4.57. The summed E-state index contributed by atoms with van der Waals surface area (Å²) in [5.41, 5.74) is 6.76. The number of H-pyrrole nitrogens is 1. The van der Waals surface area contributed by atoms with E-state index in [4.69, 9.17) is 10.2 Å². The summed E-state index contributed by atoms with van der Waals surface area (Å²) >= 11 is 0. The second-order valence-electron chi connectivity index (χ2n) is 5.93. The molecular weight excluding hydrogens is 316 g/mol. The van der Waals surface area contributed by atoms with Crippen molar-refractivity contribution in [1.82, 2.24) is 15.4 Å². The van der Waals surface area contributed by atoms with E-state index in [0.717, 1.165) is 36.5 Å². The maximum atomic E-state index is 11.8. The van der Waals surface area contributed by atoms with Crippen molar-refractivity contribution in [2.75, 3.05) is 4.90 Å². The van der Waals surface area contributed by atoms with Crippen molar-refractivity contribution < 1.29 is 10.0 Å². The lowest BCUT2D eigenvalue weighted by Gasteiger charge is -2.13. The molecule has 0 spiro atoms. The van der Waals surface area contributed by atoms with E-state index in [-0.39, 0.29) is 12.4 Å². The fraction of sp³-hybridized carbons (Fsp3) is 0.375. The van der Waals surface area contributed by atoms with Crippen molar-refractivity contribution in [3.05, 3.63) is 46.3 Å². The van der Waals surface area contributed by atoms with E-state index in [9.17, 15) is 4.79 Å². The lowest BCUT2D eigenvalue weighted by molar-refractivity contribution is 0.0705. The molecule has 122 valence electrons. The first-order chi connectivity index (χ1) is 10.8. The zero-order valence-corrected chi connectivity index (χ0v) is 13.4. The van der Waals surface area contributed by atoms with Gasteiger partial charge < -0.3 is 9.88 Å². The Morgan fingerprint density at radius 3 is 2.87 bits per heavy atom. The quantitative estimate of drug-likeness (QED) is 0.581. The van der Waals surface area contributed by atoms with Crippen LogP contribution in [0.1, 0.15) is 45.7 Å². The summed E-state index contributed by atoms with van der Waals surface area (Å²) in [6, 6.07) is 5.60. The lowest BCUT2D eigenvalue weighted by Crippen LogP contribution is -2.21. The Kier molecular flexibility index (Phi) is 4.28. The Morgan fingerprint density at radius 2 is 2.09 bits per heavy atom. The number of imidazole rings is 1. The fourth-order valence-electron chi connectivity index (χ4n) is 3.43. The molecule has 6 nitrogen and oxygen atoms in total. The number of amides is 1. The number of hydroxylamine groups is 1. The number of nitrogens with one attached hydrogen (secondary N) is 2. The Morgan fingerprint density at radius 1 is 1.26 bits per heavy atom. The minimum Gasteiger partial charge on any atom is -0.334 e. The van der Waals surface area contributed by atoms with Crippen LogP contribution in [0.25, 0.3) is 0 Å². The van der Waals surface area contributed by atoms with E-state index >= 15 is 0 Å². The zero-order chi connectivity index (χ0) is 15.1. The summed E-state index contributed by atoms with van der Waals surface area (Å²) in [7, 11) is 0. The highest BCUT2D eigenvalue weighted by atomic mass is 35.5. The number of carbonyl (C=O) groups is 1. The summed E-state index contributed by atoms with van der Waals surface area (Å²) in [6.07, 6.45) is 4.54. The van der Waals surface area contributed by atoms with Crippen molar-refractivity contribution in [2.24, 2.45) is 0 Å². The van der Waals surface area contributed by atoms with Gasteiger partial charge in [-0.15, -0.1) is 12.4 Å². The third-order valence-corrected chi connectivity index (χ3v) is 4.57. The SMILES string of the molecule is Cl.O=C(NO)c1cccc2c1CN(c1nc3c([nH]1)CCCC3)C2. The Labute approximate surface area is 140 Å². The molecule has 2 aromatic rings. The highest BCUT2D eigenvalue weighted by molar-refractivity contribution is 5.95. The molecule has 0 unspecified atom stereocenters. The molecule has 2 heterocycles. The van der Waals surface area contributed by atoms with Crippen molar-refractivity contribution in [1.29, 1.82) is 0 Å². The first-order valence-corrected chi connectivity index (χ1v) is 7.64. The summed E-state index contributed by atoms with van der Waals surface area (Å²) in [4.78, 5) is 22.1. The predicted octanol–water partition coefficient (Wildman–Crippen LogP) is 2.35. The Hall–Kier alpha value is -2.05. The minimum atomic E-state index is -0.461. The first-order valence-electron chi connectivity index (χ1n) is 7.64. The minimum absolute atomic E-state index is 0. The van der Waals surface area contributed by atoms with Gasteiger partial charge in [-0.25, -0.2) is 10.5 Å². The molecule has 0 saturated heterocycles. The molecule has 1 aromatic heterocycles. The molecule has 0 saturated carbocycles. The van der Waals surface area contributed by atoms with Crippen LogP contribution in [0.3, 0.4) is 0 Å². The van der Waals surface area contributed by atoms with Gasteiger partial charge in [-0.1, -0.05) is 12.1 Å². The number of nitrogens with zero attached hydrogens (tertiary/aromatic N) is 2. The molecule has 0 atom stereocenters. The average molecular weight is 335 g/mol. The molecule has 0 radical (unpaired) electrons. The van der Waals surface area contributed by atoms with E-state index in [0.29, 0.717) is 12.1 Å². The zero-order valence-electron chi connectivity index (χ0n) is 12.6. The van der Waals surface area contributed by atoms with Crippen LogP contribution in [0, 0.1) is 0 Å². The third kappa shape index (κ3) is 2.68. The molecule has 1 aliphatic heterocycles. The van der Waals surface area contributed by atoms with Gasteiger partial charge in [0.25, 0.3) is 5.91 Å². The van der Waals surface area contributed by atoms with Gasteiger partial charge in [0.1, 0.15) is 0 Å².